The second-order valence-corrected chi connectivity index (χ2v) is 7.08. The summed E-state index contributed by atoms with van der Waals surface area (Å²) in [7, 11) is 0. The lowest BCUT2D eigenvalue weighted by Crippen LogP contribution is -2.42. The molecular weight excluding hydrogens is 314 g/mol. The number of anilines is 1. The monoisotopic (exact) mass is 337 g/mol. The highest BCUT2D eigenvalue weighted by Gasteiger charge is 2.21. The van der Waals surface area contributed by atoms with Crippen LogP contribution < -0.4 is 16.6 Å². The molecule has 0 bridgehead atoms. The van der Waals surface area contributed by atoms with Crippen molar-refractivity contribution in [3.05, 3.63) is 46.0 Å². The Bertz CT molecular complexity index is 1010. The van der Waals surface area contributed by atoms with Crippen LogP contribution in [0, 0.1) is 13.8 Å². The third kappa shape index (κ3) is 2.87. The van der Waals surface area contributed by atoms with E-state index in [4.69, 9.17) is 5.73 Å². The third-order valence-corrected chi connectivity index (χ3v) is 5.05. The molecule has 0 aliphatic heterocycles. The fraction of sp³-hybridized carbons (Fsp3) is 0.421. The van der Waals surface area contributed by atoms with Gasteiger partial charge in [0.15, 0.2) is 5.52 Å². The number of nitrogens with zero attached hydrogens (tertiary/aromatic N) is 3. The number of pyridine rings is 2. The number of nitrogens with one attached hydrogen (secondary N) is 1. The molecule has 1 fully saturated rings. The van der Waals surface area contributed by atoms with Crippen molar-refractivity contribution in [2.24, 2.45) is 5.73 Å². The maximum atomic E-state index is 12.8. The number of rotatable bonds is 2. The molecule has 25 heavy (non-hydrogen) atoms. The lowest BCUT2D eigenvalue weighted by Gasteiger charge is -2.30. The van der Waals surface area contributed by atoms with Crippen molar-refractivity contribution >= 4 is 22.4 Å². The summed E-state index contributed by atoms with van der Waals surface area (Å²) in [4.78, 5) is 21.8. The van der Waals surface area contributed by atoms with E-state index in [-0.39, 0.29) is 17.6 Å². The van der Waals surface area contributed by atoms with Gasteiger partial charge in [-0.2, -0.15) is 0 Å². The SMILES string of the molecule is Cc1cc(C)n2c(=O)c3ncc(N[C@@H]4CCCC[C@@H]4N)cc3nc2c1. The van der Waals surface area contributed by atoms with Gasteiger partial charge in [-0.3, -0.25) is 9.20 Å². The van der Waals surface area contributed by atoms with Crippen LogP contribution in [0.1, 0.15) is 36.9 Å². The largest absolute Gasteiger partial charge is 0.379 e. The number of hydrogen-bond donors (Lipinski definition) is 2. The lowest BCUT2D eigenvalue weighted by molar-refractivity contribution is 0.404. The number of aryl methyl sites for hydroxylation is 2. The first-order chi connectivity index (χ1) is 12.0. The summed E-state index contributed by atoms with van der Waals surface area (Å²) in [5.74, 6) is 0. The number of aromatic nitrogens is 3. The summed E-state index contributed by atoms with van der Waals surface area (Å²) < 4.78 is 1.62. The highest BCUT2D eigenvalue weighted by molar-refractivity contribution is 5.79. The molecule has 1 saturated carbocycles. The molecule has 0 saturated heterocycles. The van der Waals surface area contributed by atoms with E-state index in [1.54, 1.807) is 10.6 Å². The van der Waals surface area contributed by atoms with Gasteiger partial charge in [-0.25, -0.2) is 9.97 Å². The van der Waals surface area contributed by atoms with Crippen LogP contribution in [0.3, 0.4) is 0 Å². The van der Waals surface area contributed by atoms with E-state index in [2.05, 4.69) is 15.3 Å². The Labute approximate surface area is 146 Å². The average molecular weight is 337 g/mol. The molecule has 6 heteroatoms. The second-order valence-electron chi connectivity index (χ2n) is 7.08. The average Bonchev–Trinajstić information content (AvgIpc) is 2.56. The first-order valence-electron chi connectivity index (χ1n) is 8.85. The van der Waals surface area contributed by atoms with E-state index in [9.17, 15) is 4.79 Å². The van der Waals surface area contributed by atoms with Crippen molar-refractivity contribution in [2.45, 2.75) is 51.6 Å². The van der Waals surface area contributed by atoms with Gasteiger partial charge in [0.05, 0.1) is 17.4 Å². The summed E-state index contributed by atoms with van der Waals surface area (Å²) >= 11 is 0. The quantitative estimate of drug-likeness (QED) is 0.702. The van der Waals surface area contributed by atoms with Gasteiger partial charge in [0.1, 0.15) is 5.65 Å². The topological polar surface area (TPSA) is 85.3 Å². The third-order valence-electron chi connectivity index (χ3n) is 5.05. The molecule has 3 N–H and O–H groups in total. The molecule has 0 unspecified atom stereocenters. The summed E-state index contributed by atoms with van der Waals surface area (Å²) in [6.45, 7) is 3.92. The van der Waals surface area contributed by atoms with Crippen molar-refractivity contribution < 1.29 is 0 Å². The van der Waals surface area contributed by atoms with Crippen molar-refractivity contribution in [3.8, 4) is 0 Å². The van der Waals surface area contributed by atoms with Gasteiger partial charge in [-0.1, -0.05) is 12.8 Å². The van der Waals surface area contributed by atoms with Gasteiger partial charge in [0.2, 0.25) is 0 Å². The Morgan fingerprint density at radius 3 is 2.80 bits per heavy atom. The molecule has 3 aromatic rings. The van der Waals surface area contributed by atoms with Gasteiger partial charge >= 0.3 is 0 Å². The van der Waals surface area contributed by atoms with Crippen molar-refractivity contribution in [2.75, 3.05) is 5.32 Å². The summed E-state index contributed by atoms with van der Waals surface area (Å²) in [5.41, 5.74) is 10.6. The molecule has 130 valence electrons. The Morgan fingerprint density at radius 2 is 2.00 bits per heavy atom. The molecule has 0 radical (unpaired) electrons. The molecule has 0 aromatic carbocycles. The minimum absolute atomic E-state index is 0.126. The minimum atomic E-state index is -0.126. The van der Waals surface area contributed by atoms with Gasteiger partial charge in [0.25, 0.3) is 5.56 Å². The first-order valence-corrected chi connectivity index (χ1v) is 8.85. The zero-order valence-corrected chi connectivity index (χ0v) is 14.6. The molecule has 1 aliphatic carbocycles. The zero-order chi connectivity index (χ0) is 17.6. The second kappa shape index (κ2) is 6.11. The van der Waals surface area contributed by atoms with Crippen LogP contribution in [-0.2, 0) is 0 Å². The van der Waals surface area contributed by atoms with Gasteiger partial charge < -0.3 is 11.1 Å². The summed E-state index contributed by atoms with van der Waals surface area (Å²) in [6.07, 6.45) is 6.20. The molecule has 4 rings (SSSR count). The van der Waals surface area contributed by atoms with Crippen LogP contribution in [0.2, 0.25) is 0 Å². The Kier molecular flexibility index (Phi) is 3.92. The van der Waals surface area contributed by atoms with Gasteiger partial charge in [-0.15, -0.1) is 0 Å². The number of fused-ring (bicyclic) bond motifs is 2. The molecule has 3 aromatic heterocycles. The maximum Gasteiger partial charge on any atom is 0.284 e. The molecule has 3 heterocycles. The first kappa shape index (κ1) is 16.0. The fourth-order valence-electron chi connectivity index (χ4n) is 3.80. The molecule has 0 spiro atoms. The van der Waals surface area contributed by atoms with Crippen LogP contribution in [0.25, 0.3) is 16.7 Å². The Hall–Kier alpha value is -2.47. The predicted molar refractivity (Wildman–Crippen MR) is 100 cm³/mol. The van der Waals surface area contributed by atoms with E-state index in [0.717, 1.165) is 29.8 Å². The normalized spacial score (nSPS) is 20.9. The van der Waals surface area contributed by atoms with Crippen molar-refractivity contribution in [1.82, 2.24) is 14.4 Å². The summed E-state index contributed by atoms with van der Waals surface area (Å²) in [6, 6.07) is 6.21. The molecule has 6 nitrogen and oxygen atoms in total. The van der Waals surface area contributed by atoms with E-state index >= 15 is 0 Å². The van der Waals surface area contributed by atoms with Crippen LogP contribution in [0.5, 0.6) is 0 Å². The van der Waals surface area contributed by atoms with E-state index in [0.29, 0.717) is 16.7 Å². The standard InChI is InChI=1S/C19H23N5O/c1-11-7-12(2)24-17(8-11)23-16-9-13(10-21-18(16)19(24)25)22-15-6-4-3-5-14(15)20/h7-10,14-15,22H,3-6,20H2,1-2H3/t14-,15+/m0/s1. The fourth-order valence-corrected chi connectivity index (χ4v) is 3.80. The number of nitrogens with two attached hydrogens (primary N) is 1. The maximum absolute atomic E-state index is 12.8. The van der Waals surface area contributed by atoms with Gasteiger partial charge in [-0.05, 0) is 50.5 Å². The molecule has 2 atom stereocenters. The van der Waals surface area contributed by atoms with E-state index in [1.165, 1.54) is 12.8 Å². The van der Waals surface area contributed by atoms with Crippen LogP contribution in [0.15, 0.2) is 29.2 Å². The number of hydrogen-bond acceptors (Lipinski definition) is 5. The highest BCUT2D eigenvalue weighted by Crippen LogP contribution is 2.22. The predicted octanol–water partition coefficient (Wildman–Crippen LogP) is 2.54. The van der Waals surface area contributed by atoms with E-state index in [1.807, 2.05) is 32.0 Å². The minimum Gasteiger partial charge on any atom is -0.379 e. The molecule has 0 amide bonds. The molecule has 1 aliphatic rings. The van der Waals surface area contributed by atoms with Crippen LogP contribution in [0.4, 0.5) is 5.69 Å². The summed E-state index contributed by atoms with van der Waals surface area (Å²) in [5, 5.41) is 3.48. The van der Waals surface area contributed by atoms with Gasteiger partial charge in [0, 0.05) is 17.8 Å². The Balaban J connectivity index is 1.80. The Morgan fingerprint density at radius 1 is 1.20 bits per heavy atom. The van der Waals surface area contributed by atoms with Crippen LogP contribution in [-0.4, -0.2) is 26.5 Å². The van der Waals surface area contributed by atoms with Crippen molar-refractivity contribution in [3.63, 3.8) is 0 Å². The molecular formula is C19H23N5O. The van der Waals surface area contributed by atoms with Crippen molar-refractivity contribution in [1.29, 1.82) is 0 Å². The lowest BCUT2D eigenvalue weighted by atomic mass is 9.91. The van der Waals surface area contributed by atoms with E-state index < -0.39 is 0 Å². The smallest absolute Gasteiger partial charge is 0.284 e. The highest BCUT2D eigenvalue weighted by atomic mass is 16.1. The van der Waals surface area contributed by atoms with Crippen LogP contribution >= 0.6 is 0 Å². The zero-order valence-electron chi connectivity index (χ0n) is 14.6.